The number of hydrogen-bond acceptors (Lipinski definition) is 4. The number of alkyl halides is 3. The molecule has 0 bridgehead atoms. The molecule has 0 unspecified atom stereocenters. The van der Waals surface area contributed by atoms with Crippen LogP contribution in [0.3, 0.4) is 0 Å². The zero-order valence-corrected chi connectivity index (χ0v) is 20.1. The van der Waals surface area contributed by atoms with Crippen molar-refractivity contribution in [3.05, 3.63) is 53.1 Å². The lowest BCUT2D eigenvalue weighted by atomic mass is 10.1. The van der Waals surface area contributed by atoms with Crippen LogP contribution < -0.4 is 24.8 Å². The first-order valence-electron chi connectivity index (χ1n) is 9.29. The van der Waals surface area contributed by atoms with E-state index in [-0.39, 0.29) is 41.8 Å². The maximum Gasteiger partial charge on any atom is 0.416 e. The van der Waals surface area contributed by atoms with Crippen LogP contribution >= 0.6 is 24.0 Å². The molecule has 0 spiro atoms. The number of hydrogen-bond donors (Lipinski definition) is 2. The van der Waals surface area contributed by atoms with Gasteiger partial charge in [-0.05, 0) is 42.3 Å². The molecule has 0 aliphatic carbocycles. The normalized spacial score (nSPS) is 11.4. The van der Waals surface area contributed by atoms with Crippen molar-refractivity contribution in [2.75, 3.05) is 27.9 Å². The predicted octanol–water partition coefficient (Wildman–Crippen LogP) is 4.60. The molecule has 2 N–H and O–H groups in total. The van der Waals surface area contributed by atoms with E-state index in [1.54, 1.807) is 26.4 Å². The fourth-order valence-corrected chi connectivity index (χ4v) is 2.77. The summed E-state index contributed by atoms with van der Waals surface area (Å²) in [6, 6.07) is 9.31. The summed E-state index contributed by atoms with van der Waals surface area (Å²) in [7, 11) is 4.43. The lowest BCUT2D eigenvalue weighted by Gasteiger charge is -2.16. The molecule has 0 amide bonds. The number of nitrogens with one attached hydrogen (secondary N) is 2. The Hall–Kier alpha value is -2.37. The van der Waals surface area contributed by atoms with Gasteiger partial charge in [0.2, 0.25) is 0 Å². The summed E-state index contributed by atoms with van der Waals surface area (Å²) in [6.07, 6.45) is -4.49. The quantitative estimate of drug-likeness (QED) is 0.284. The molecule has 10 heteroatoms. The van der Waals surface area contributed by atoms with Crippen LogP contribution in [0.4, 0.5) is 13.2 Å². The van der Waals surface area contributed by atoms with Crippen molar-refractivity contribution in [1.82, 2.24) is 10.6 Å². The predicted molar refractivity (Wildman–Crippen MR) is 125 cm³/mol. The number of rotatable bonds is 8. The standard InChI is InChI=1S/C21H26F3N3O3.HI/c1-5-25-20(26-12-14-6-9-18(29-3)19(10-14)30-4)27-13-15-7-8-16(28-2)11-17(15)21(22,23)24;/h6-11H,5,12-13H2,1-4H3,(H2,25,26,27);1H. The summed E-state index contributed by atoms with van der Waals surface area (Å²) in [5, 5.41) is 5.98. The Morgan fingerprint density at radius 2 is 1.65 bits per heavy atom. The van der Waals surface area contributed by atoms with Crippen LogP contribution in [0.1, 0.15) is 23.6 Å². The van der Waals surface area contributed by atoms with E-state index in [4.69, 9.17) is 14.2 Å². The Bertz CT molecular complexity index is 877. The molecule has 6 nitrogen and oxygen atoms in total. The summed E-state index contributed by atoms with van der Waals surface area (Å²) in [4.78, 5) is 4.45. The minimum atomic E-state index is -4.49. The van der Waals surface area contributed by atoms with Crippen LogP contribution in [-0.2, 0) is 19.3 Å². The van der Waals surface area contributed by atoms with Crippen LogP contribution in [0.25, 0.3) is 0 Å². The van der Waals surface area contributed by atoms with Gasteiger partial charge in [-0.15, -0.1) is 24.0 Å². The molecule has 31 heavy (non-hydrogen) atoms. The van der Waals surface area contributed by atoms with E-state index in [0.29, 0.717) is 30.5 Å². The molecule has 2 aromatic rings. The number of ether oxygens (including phenoxy) is 3. The fourth-order valence-electron chi connectivity index (χ4n) is 2.77. The van der Waals surface area contributed by atoms with E-state index < -0.39 is 11.7 Å². The lowest BCUT2D eigenvalue weighted by Crippen LogP contribution is -2.37. The van der Waals surface area contributed by atoms with E-state index in [2.05, 4.69) is 15.6 Å². The Balaban J connectivity index is 0.00000480. The van der Waals surface area contributed by atoms with Crippen molar-refractivity contribution >= 4 is 29.9 Å². The van der Waals surface area contributed by atoms with Gasteiger partial charge >= 0.3 is 6.18 Å². The number of methoxy groups -OCH3 is 3. The van der Waals surface area contributed by atoms with Gasteiger partial charge < -0.3 is 24.8 Å². The summed E-state index contributed by atoms with van der Waals surface area (Å²) in [5.74, 6) is 1.74. The largest absolute Gasteiger partial charge is 0.497 e. The highest BCUT2D eigenvalue weighted by Crippen LogP contribution is 2.34. The molecule has 0 atom stereocenters. The number of guanidine groups is 1. The van der Waals surface area contributed by atoms with Gasteiger partial charge in [0, 0.05) is 13.1 Å². The van der Waals surface area contributed by atoms with Gasteiger partial charge in [0.1, 0.15) is 5.75 Å². The fraction of sp³-hybridized carbons (Fsp3) is 0.381. The van der Waals surface area contributed by atoms with Crippen molar-refractivity contribution in [3.63, 3.8) is 0 Å². The van der Waals surface area contributed by atoms with Crippen molar-refractivity contribution < 1.29 is 27.4 Å². The molecule has 0 radical (unpaired) electrons. The zero-order chi connectivity index (χ0) is 22.1. The smallest absolute Gasteiger partial charge is 0.416 e. The third-order valence-electron chi connectivity index (χ3n) is 4.28. The summed E-state index contributed by atoms with van der Waals surface area (Å²) in [6.45, 7) is 2.70. The molecule has 0 aliphatic rings. The van der Waals surface area contributed by atoms with E-state index in [1.165, 1.54) is 19.2 Å². The first-order chi connectivity index (χ1) is 14.3. The third kappa shape index (κ3) is 7.67. The van der Waals surface area contributed by atoms with E-state index in [1.807, 2.05) is 13.0 Å². The van der Waals surface area contributed by atoms with Crippen molar-refractivity contribution in [2.45, 2.75) is 26.2 Å². The van der Waals surface area contributed by atoms with Gasteiger partial charge in [-0.1, -0.05) is 12.1 Å². The highest BCUT2D eigenvalue weighted by Gasteiger charge is 2.33. The molecular formula is C21H27F3IN3O3. The summed E-state index contributed by atoms with van der Waals surface area (Å²) >= 11 is 0. The van der Waals surface area contributed by atoms with Crippen molar-refractivity contribution in [2.24, 2.45) is 4.99 Å². The highest BCUT2D eigenvalue weighted by molar-refractivity contribution is 14.0. The maximum absolute atomic E-state index is 13.4. The minimum Gasteiger partial charge on any atom is -0.497 e. The van der Waals surface area contributed by atoms with Crippen LogP contribution in [0, 0.1) is 0 Å². The Labute approximate surface area is 197 Å². The number of halogens is 4. The first-order valence-corrected chi connectivity index (χ1v) is 9.29. The van der Waals surface area contributed by atoms with E-state index in [0.717, 1.165) is 11.6 Å². The Morgan fingerprint density at radius 1 is 0.935 bits per heavy atom. The van der Waals surface area contributed by atoms with Gasteiger partial charge in [-0.3, -0.25) is 0 Å². The maximum atomic E-state index is 13.4. The molecule has 0 aliphatic heterocycles. The molecule has 0 fully saturated rings. The van der Waals surface area contributed by atoms with Crippen molar-refractivity contribution in [3.8, 4) is 17.2 Å². The molecule has 2 rings (SSSR count). The number of benzene rings is 2. The van der Waals surface area contributed by atoms with Gasteiger partial charge in [0.25, 0.3) is 0 Å². The highest BCUT2D eigenvalue weighted by atomic mass is 127. The molecular weight excluding hydrogens is 526 g/mol. The lowest BCUT2D eigenvalue weighted by molar-refractivity contribution is -0.138. The molecule has 0 heterocycles. The number of nitrogens with zero attached hydrogens (tertiary/aromatic N) is 1. The molecule has 172 valence electrons. The third-order valence-corrected chi connectivity index (χ3v) is 4.28. The minimum absolute atomic E-state index is 0. The van der Waals surface area contributed by atoms with Gasteiger partial charge in [-0.25, -0.2) is 4.99 Å². The van der Waals surface area contributed by atoms with Crippen LogP contribution in [0.15, 0.2) is 41.4 Å². The van der Waals surface area contributed by atoms with Gasteiger partial charge in [-0.2, -0.15) is 13.2 Å². The zero-order valence-electron chi connectivity index (χ0n) is 17.8. The second-order valence-electron chi connectivity index (χ2n) is 6.26. The SMILES string of the molecule is CCNC(=NCc1ccc(OC)c(OC)c1)NCc1ccc(OC)cc1C(F)(F)F.I. The molecule has 0 saturated carbocycles. The van der Waals surface area contributed by atoms with Crippen LogP contribution in [0.5, 0.6) is 17.2 Å². The Morgan fingerprint density at radius 3 is 2.23 bits per heavy atom. The average molecular weight is 553 g/mol. The number of aliphatic imine (C=N–C) groups is 1. The second-order valence-corrected chi connectivity index (χ2v) is 6.26. The van der Waals surface area contributed by atoms with E-state index >= 15 is 0 Å². The molecule has 0 saturated heterocycles. The first kappa shape index (κ1) is 26.7. The molecule has 0 aromatic heterocycles. The van der Waals surface area contributed by atoms with Crippen molar-refractivity contribution in [1.29, 1.82) is 0 Å². The Kier molecular flexibility index (Phi) is 10.7. The van der Waals surface area contributed by atoms with Gasteiger partial charge in [0.15, 0.2) is 17.5 Å². The average Bonchev–Trinajstić information content (AvgIpc) is 2.74. The molecule has 2 aromatic carbocycles. The summed E-state index contributed by atoms with van der Waals surface area (Å²) in [5.41, 5.74) is 0.218. The van der Waals surface area contributed by atoms with Crippen LogP contribution in [0.2, 0.25) is 0 Å². The van der Waals surface area contributed by atoms with Crippen LogP contribution in [-0.4, -0.2) is 33.8 Å². The van der Waals surface area contributed by atoms with E-state index in [9.17, 15) is 13.2 Å². The second kappa shape index (κ2) is 12.5. The monoisotopic (exact) mass is 553 g/mol. The topological polar surface area (TPSA) is 64.1 Å². The van der Waals surface area contributed by atoms with Gasteiger partial charge in [0.05, 0.1) is 33.4 Å². The summed E-state index contributed by atoms with van der Waals surface area (Å²) < 4.78 is 55.6.